The van der Waals surface area contributed by atoms with Gasteiger partial charge in [-0.2, -0.15) is 10.5 Å². The molecule has 0 bridgehead atoms. The Kier molecular flexibility index (Phi) is 8.29. The third-order valence-electron chi connectivity index (χ3n) is 5.30. The second kappa shape index (κ2) is 11.8. The summed E-state index contributed by atoms with van der Waals surface area (Å²) >= 11 is 7.24. The van der Waals surface area contributed by atoms with Gasteiger partial charge in [0.25, 0.3) is 0 Å². The first-order chi connectivity index (χ1) is 17.9. The molecule has 0 fully saturated rings. The first kappa shape index (κ1) is 26.0. The zero-order chi connectivity index (χ0) is 26.4. The van der Waals surface area contributed by atoms with Crippen molar-refractivity contribution in [1.82, 2.24) is 9.97 Å². The number of nitrogens with two attached hydrogens (primary N) is 1. The highest BCUT2D eigenvalue weighted by Crippen LogP contribution is 2.38. The predicted octanol–water partition coefficient (Wildman–Crippen LogP) is 4.41. The molecule has 0 radical (unpaired) electrons. The molecule has 0 saturated heterocycles. The first-order valence-corrected chi connectivity index (χ1v) is 12.3. The highest BCUT2D eigenvalue weighted by molar-refractivity contribution is 7.98. The van der Waals surface area contributed by atoms with Crippen LogP contribution in [0.4, 0.5) is 5.82 Å². The van der Waals surface area contributed by atoms with Crippen LogP contribution >= 0.6 is 23.4 Å². The fourth-order valence-corrected chi connectivity index (χ4v) is 4.56. The van der Waals surface area contributed by atoms with E-state index in [1.165, 1.54) is 18.2 Å². The number of pyridine rings is 1. The Labute approximate surface area is 221 Å². The first-order valence-electron chi connectivity index (χ1n) is 10.9. The van der Waals surface area contributed by atoms with Gasteiger partial charge >= 0.3 is 0 Å². The fourth-order valence-electron chi connectivity index (χ4n) is 3.50. The van der Waals surface area contributed by atoms with Gasteiger partial charge in [0, 0.05) is 21.9 Å². The molecular weight excluding hydrogens is 514 g/mol. The van der Waals surface area contributed by atoms with Gasteiger partial charge in [-0.3, -0.25) is 0 Å². The molecule has 1 atom stereocenters. The van der Waals surface area contributed by atoms with Crippen LogP contribution in [0.5, 0.6) is 5.75 Å². The summed E-state index contributed by atoms with van der Waals surface area (Å²) in [5.74, 6) is 1.36. The zero-order valence-corrected chi connectivity index (χ0v) is 20.8. The molecule has 37 heavy (non-hydrogen) atoms. The van der Waals surface area contributed by atoms with Gasteiger partial charge in [0.2, 0.25) is 0 Å². The number of nitrogen functional groups attached to an aromatic ring is 1. The number of anilines is 1. The van der Waals surface area contributed by atoms with Gasteiger partial charge in [0.05, 0.1) is 17.9 Å². The molecule has 2 aromatic heterocycles. The third-order valence-corrected chi connectivity index (χ3v) is 6.54. The Morgan fingerprint density at radius 1 is 1.05 bits per heavy atom. The average molecular weight is 534 g/mol. The lowest BCUT2D eigenvalue weighted by atomic mass is 9.97. The molecule has 0 spiro atoms. The molecular formula is C26H20ClN5O4S. The molecule has 0 aliphatic heterocycles. The lowest BCUT2D eigenvalue weighted by Gasteiger charge is -2.14. The number of halogens is 1. The number of aliphatic hydroxyl groups excluding tert-OH is 2. The van der Waals surface area contributed by atoms with Crippen molar-refractivity contribution in [1.29, 1.82) is 10.5 Å². The molecule has 0 aliphatic rings. The van der Waals surface area contributed by atoms with Crippen LogP contribution in [-0.2, 0) is 5.75 Å². The third kappa shape index (κ3) is 5.85. The summed E-state index contributed by atoms with van der Waals surface area (Å²) < 4.78 is 11.0. The number of aromatic nitrogens is 2. The Balaban J connectivity index is 1.65. The Morgan fingerprint density at radius 2 is 1.73 bits per heavy atom. The van der Waals surface area contributed by atoms with E-state index in [-0.39, 0.29) is 23.6 Å². The summed E-state index contributed by atoms with van der Waals surface area (Å²) in [5.41, 5.74) is 8.81. The SMILES string of the molecule is N#Cc1c(N)nc(SCc2ncoc2-c2ccc(Cl)cc2)c(C#N)c1-c1ccc(OC[C@H](O)CO)cc1. The molecule has 0 aliphatic carbocycles. The van der Waals surface area contributed by atoms with Crippen LogP contribution < -0.4 is 10.5 Å². The summed E-state index contributed by atoms with van der Waals surface area (Å²) in [6.45, 7) is -0.493. The average Bonchev–Trinajstić information content (AvgIpc) is 3.39. The van der Waals surface area contributed by atoms with E-state index in [1.807, 2.05) is 12.1 Å². The summed E-state index contributed by atoms with van der Waals surface area (Å²) in [5, 5.41) is 39.2. The van der Waals surface area contributed by atoms with E-state index in [1.54, 1.807) is 36.4 Å². The quantitative estimate of drug-likeness (QED) is 0.263. The van der Waals surface area contributed by atoms with Gasteiger partial charge in [0.15, 0.2) is 12.2 Å². The van der Waals surface area contributed by atoms with Gasteiger partial charge in [-0.05, 0) is 42.0 Å². The number of nitrogens with zero attached hydrogens (tertiary/aromatic N) is 4. The largest absolute Gasteiger partial charge is 0.491 e. The summed E-state index contributed by atoms with van der Waals surface area (Å²) in [6.07, 6.45) is 0.347. The molecule has 4 rings (SSSR count). The number of nitriles is 2. The maximum Gasteiger partial charge on any atom is 0.181 e. The molecule has 2 heterocycles. The fraction of sp³-hybridized carbons (Fsp3) is 0.154. The monoisotopic (exact) mass is 533 g/mol. The van der Waals surface area contributed by atoms with E-state index < -0.39 is 12.7 Å². The molecule has 11 heteroatoms. The van der Waals surface area contributed by atoms with Gasteiger partial charge in [-0.15, -0.1) is 0 Å². The van der Waals surface area contributed by atoms with Crippen molar-refractivity contribution >= 4 is 29.2 Å². The minimum atomic E-state index is -1.00. The summed E-state index contributed by atoms with van der Waals surface area (Å²) in [4.78, 5) is 8.64. The van der Waals surface area contributed by atoms with Crippen molar-refractivity contribution in [2.45, 2.75) is 16.9 Å². The Morgan fingerprint density at radius 3 is 2.38 bits per heavy atom. The number of benzene rings is 2. The zero-order valence-electron chi connectivity index (χ0n) is 19.3. The number of aliphatic hydroxyl groups is 2. The molecule has 0 unspecified atom stereocenters. The van der Waals surface area contributed by atoms with Crippen LogP contribution in [0.25, 0.3) is 22.5 Å². The van der Waals surface area contributed by atoms with Crippen LogP contribution in [0.2, 0.25) is 5.02 Å². The van der Waals surface area contributed by atoms with E-state index in [0.717, 1.165) is 5.56 Å². The topological polar surface area (TPSA) is 162 Å². The van der Waals surface area contributed by atoms with E-state index >= 15 is 0 Å². The predicted molar refractivity (Wildman–Crippen MR) is 139 cm³/mol. The Bertz CT molecular complexity index is 1480. The molecule has 4 N–H and O–H groups in total. The van der Waals surface area contributed by atoms with Gasteiger partial charge in [-0.25, -0.2) is 9.97 Å². The number of hydrogen-bond acceptors (Lipinski definition) is 10. The van der Waals surface area contributed by atoms with Crippen LogP contribution in [0.1, 0.15) is 16.8 Å². The second-order valence-electron chi connectivity index (χ2n) is 7.75. The van der Waals surface area contributed by atoms with Crippen LogP contribution in [0, 0.1) is 22.7 Å². The molecule has 2 aromatic carbocycles. The van der Waals surface area contributed by atoms with Crippen LogP contribution in [-0.4, -0.2) is 39.5 Å². The minimum Gasteiger partial charge on any atom is -0.491 e. The molecule has 4 aromatic rings. The number of thioether (sulfide) groups is 1. The number of rotatable bonds is 9. The molecule has 0 amide bonds. The van der Waals surface area contributed by atoms with Crippen molar-refractivity contribution in [2.75, 3.05) is 18.9 Å². The minimum absolute atomic E-state index is 0.00321. The lowest BCUT2D eigenvalue weighted by Crippen LogP contribution is -2.21. The van der Waals surface area contributed by atoms with E-state index in [2.05, 4.69) is 22.1 Å². The number of oxazole rings is 1. The molecule has 0 saturated carbocycles. The summed E-state index contributed by atoms with van der Waals surface area (Å²) in [6, 6.07) is 18.0. The van der Waals surface area contributed by atoms with E-state index in [0.29, 0.717) is 44.1 Å². The van der Waals surface area contributed by atoms with Crippen molar-refractivity contribution in [3.63, 3.8) is 0 Å². The highest BCUT2D eigenvalue weighted by Gasteiger charge is 2.22. The maximum atomic E-state index is 10.0. The lowest BCUT2D eigenvalue weighted by molar-refractivity contribution is 0.0536. The van der Waals surface area contributed by atoms with Crippen molar-refractivity contribution in [2.24, 2.45) is 0 Å². The van der Waals surface area contributed by atoms with Gasteiger partial charge < -0.3 is 25.1 Å². The van der Waals surface area contributed by atoms with Crippen molar-refractivity contribution in [3.8, 4) is 40.3 Å². The second-order valence-corrected chi connectivity index (χ2v) is 9.15. The van der Waals surface area contributed by atoms with Gasteiger partial charge in [-0.1, -0.05) is 35.5 Å². The summed E-state index contributed by atoms with van der Waals surface area (Å²) in [7, 11) is 0. The maximum absolute atomic E-state index is 10.0. The number of ether oxygens (including phenoxy) is 1. The van der Waals surface area contributed by atoms with E-state index in [9.17, 15) is 15.6 Å². The van der Waals surface area contributed by atoms with Gasteiger partial charge in [0.1, 0.15) is 47.0 Å². The molecule has 186 valence electrons. The van der Waals surface area contributed by atoms with Crippen molar-refractivity contribution < 1.29 is 19.4 Å². The van der Waals surface area contributed by atoms with E-state index in [4.69, 9.17) is 31.6 Å². The van der Waals surface area contributed by atoms with Crippen LogP contribution in [0.3, 0.4) is 0 Å². The molecule has 9 nitrogen and oxygen atoms in total. The number of hydrogen-bond donors (Lipinski definition) is 3. The highest BCUT2D eigenvalue weighted by atomic mass is 35.5. The normalized spacial score (nSPS) is 11.5. The van der Waals surface area contributed by atoms with Crippen molar-refractivity contribution in [3.05, 3.63) is 76.8 Å². The van der Waals surface area contributed by atoms with Crippen LogP contribution in [0.15, 0.2) is 64.4 Å². The standard InChI is InChI=1S/C26H20ClN5O4S/c27-17-5-1-16(2-6-17)24-22(31-14-36-24)13-37-26-21(10-29)23(20(9-28)25(30)32-26)15-3-7-19(8-4-15)35-12-18(34)11-33/h1-8,14,18,33-34H,11-13H2,(H2,30,32)/t18-/m1/s1. The Hall–Kier alpha value is -4.06. The smallest absolute Gasteiger partial charge is 0.181 e.